The number of piperazine rings is 1. The van der Waals surface area contributed by atoms with Crippen LogP contribution in [-0.4, -0.2) is 81.6 Å². The van der Waals surface area contributed by atoms with Crippen molar-refractivity contribution in [2.45, 2.75) is 51.6 Å². The first kappa shape index (κ1) is 30.0. The first-order valence-corrected chi connectivity index (χ1v) is 14.9. The lowest BCUT2D eigenvalue weighted by Gasteiger charge is -2.35. The van der Waals surface area contributed by atoms with Gasteiger partial charge in [-0.1, -0.05) is 31.5 Å². The number of anilines is 2. The second-order valence-corrected chi connectivity index (χ2v) is 11.0. The molecule has 2 amide bonds. The number of carbonyl (C=O) groups is 3. The summed E-state index contributed by atoms with van der Waals surface area (Å²) in [6.45, 7) is 6.30. The Morgan fingerprint density at radius 2 is 1.67 bits per heavy atom. The number of likely N-dealkylation sites (tertiary alicyclic amines) is 1. The number of nitrogens with one attached hydrogen (secondary N) is 1. The van der Waals surface area contributed by atoms with Gasteiger partial charge in [-0.3, -0.25) is 14.5 Å². The van der Waals surface area contributed by atoms with Crippen LogP contribution in [0.25, 0.3) is 0 Å². The van der Waals surface area contributed by atoms with Crippen molar-refractivity contribution >= 4 is 29.5 Å². The molecule has 1 aromatic carbocycles. The van der Waals surface area contributed by atoms with Gasteiger partial charge >= 0.3 is 12.1 Å². The Morgan fingerprint density at radius 3 is 2.33 bits per heavy atom. The normalized spacial score (nSPS) is 17.4. The molecule has 2 saturated heterocycles. The zero-order valence-corrected chi connectivity index (χ0v) is 24.4. The number of aliphatic carboxylic acids is 1. The summed E-state index contributed by atoms with van der Waals surface area (Å²) < 4.78 is 5.45. The minimum Gasteiger partial charge on any atom is -0.481 e. The number of pyridine rings is 2. The summed E-state index contributed by atoms with van der Waals surface area (Å²) in [5.74, 6) is -0.246. The molecule has 43 heavy (non-hydrogen) atoms. The Kier molecular flexibility index (Phi) is 9.83. The first-order chi connectivity index (χ1) is 20.9. The van der Waals surface area contributed by atoms with Crippen LogP contribution in [0.1, 0.15) is 54.1 Å². The molecule has 2 fully saturated rings. The molecule has 2 N–H and O–H groups in total. The van der Waals surface area contributed by atoms with Gasteiger partial charge in [0.05, 0.1) is 18.3 Å². The van der Waals surface area contributed by atoms with Gasteiger partial charge in [-0.2, -0.15) is 0 Å². The van der Waals surface area contributed by atoms with Gasteiger partial charge < -0.3 is 25.0 Å². The molecule has 2 aliphatic rings. The third-order valence-corrected chi connectivity index (χ3v) is 8.03. The van der Waals surface area contributed by atoms with E-state index >= 15 is 0 Å². The molecule has 2 aromatic heterocycles. The molecule has 1 atom stereocenters. The van der Waals surface area contributed by atoms with Crippen molar-refractivity contribution < 1.29 is 24.2 Å². The number of carboxylic acid groups (broad SMARTS) is 1. The summed E-state index contributed by atoms with van der Waals surface area (Å²) in [5.41, 5.74) is 2.91. The van der Waals surface area contributed by atoms with Gasteiger partial charge in [0, 0.05) is 56.6 Å². The SMILES string of the molecule is CCC1CCCCN1Cc1ccc(C(=O)Nc2ccc(OC(=O)N3CCN(c4ccc(CC(=O)O)cn4)CC3)nc2)cc1. The highest BCUT2D eigenvalue weighted by atomic mass is 16.6. The van der Waals surface area contributed by atoms with Gasteiger partial charge in [-0.05, 0) is 61.2 Å². The zero-order chi connectivity index (χ0) is 30.2. The van der Waals surface area contributed by atoms with E-state index in [1.807, 2.05) is 29.2 Å². The van der Waals surface area contributed by atoms with Crippen LogP contribution in [0, 0.1) is 0 Å². The second-order valence-electron chi connectivity index (χ2n) is 11.0. The van der Waals surface area contributed by atoms with E-state index in [0.717, 1.165) is 25.3 Å². The fourth-order valence-corrected chi connectivity index (χ4v) is 5.60. The highest BCUT2D eigenvalue weighted by Gasteiger charge is 2.24. The van der Waals surface area contributed by atoms with Crippen molar-refractivity contribution in [3.63, 3.8) is 0 Å². The average Bonchev–Trinajstić information content (AvgIpc) is 3.03. The number of carboxylic acids is 1. The minimum absolute atomic E-state index is 0.0688. The van der Waals surface area contributed by atoms with Crippen molar-refractivity contribution in [3.05, 3.63) is 77.6 Å². The van der Waals surface area contributed by atoms with Crippen LogP contribution in [0.5, 0.6) is 5.88 Å². The number of amides is 2. The number of rotatable bonds is 9. The third kappa shape index (κ3) is 8.07. The Morgan fingerprint density at radius 1 is 0.907 bits per heavy atom. The molecule has 4 heterocycles. The standard InChI is InChI=1S/C32H38N6O5/c1-2-27-5-3-4-14-38(27)22-23-6-9-25(10-7-23)31(41)35-26-11-13-29(34-21-26)43-32(42)37-17-15-36(16-18-37)28-12-8-24(20-33-28)19-30(39)40/h6-13,20-21,27H,2-5,14-19,22H2,1H3,(H,35,41)(H,39,40). The highest BCUT2D eigenvalue weighted by Crippen LogP contribution is 2.22. The van der Waals surface area contributed by atoms with Crippen molar-refractivity contribution in [2.24, 2.45) is 0 Å². The predicted molar refractivity (Wildman–Crippen MR) is 162 cm³/mol. The molecule has 0 saturated carbocycles. The molecule has 11 heteroatoms. The quantitative estimate of drug-likeness (QED) is 0.374. The van der Waals surface area contributed by atoms with E-state index in [-0.39, 0.29) is 18.2 Å². The minimum atomic E-state index is -0.899. The van der Waals surface area contributed by atoms with Gasteiger partial charge in [-0.15, -0.1) is 0 Å². The van der Waals surface area contributed by atoms with Crippen molar-refractivity contribution in [1.29, 1.82) is 0 Å². The maximum atomic E-state index is 12.8. The number of ether oxygens (including phenoxy) is 1. The molecule has 2 aliphatic heterocycles. The largest absolute Gasteiger partial charge is 0.481 e. The number of hydrogen-bond acceptors (Lipinski definition) is 8. The van der Waals surface area contributed by atoms with Gasteiger partial charge in [0.25, 0.3) is 5.91 Å². The number of hydrogen-bond donors (Lipinski definition) is 2. The monoisotopic (exact) mass is 586 g/mol. The number of benzene rings is 1. The van der Waals surface area contributed by atoms with Crippen molar-refractivity contribution in [2.75, 3.05) is 42.9 Å². The fraction of sp³-hybridized carbons (Fsp3) is 0.406. The Labute approximate surface area is 251 Å². The van der Waals surface area contributed by atoms with Gasteiger partial charge in [-0.25, -0.2) is 14.8 Å². The third-order valence-electron chi connectivity index (χ3n) is 8.03. The van der Waals surface area contributed by atoms with E-state index in [1.165, 1.54) is 31.0 Å². The van der Waals surface area contributed by atoms with E-state index in [0.29, 0.717) is 49.0 Å². The van der Waals surface area contributed by atoms with E-state index < -0.39 is 12.1 Å². The average molecular weight is 587 g/mol. The van der Waals surface area contributed by atoms with Crippen LogP contribution in [0.4, 0.5) is 16.3 Å². The smallest absolute Gasteiger partial charge is 0.416 e. The Bertz CT molecular complexity index is 1390. The second kappa shape index (κ2) is 14.1. The Balaban J connectivity index is 1.07. The molecule has 5 rings (SSSR count). The molecule has 0 spiro atoms. The maximum Gasteiger partial charge on any atom is 0.416 e. The van der Waals surface area contributed by atoms with Gasteiger partial charge in [0.15, 0.2) is 0 Å². The summed E-state index contributed by atoms with van der Waals surface area (Å²) in [6, 6.07) is 15.1. The predicted octanol–water partition coefficient (Wildman–Crippen LogP) is 4.44. The van der Waals surface area contributed by atoms with Gasteiger partial charge in [0.1, 0.15) is 5.82 Å². The van der Waals surface area contributed by atoms with E-state index in [9.17, 15) is 14.4 Å². The van der Waals surface area contributed by atoms with E-state index in [2.05, 4.69) is 27.1 Å². The first-order valence-electron chi connectivity index (χ1n) is 14.9. The number of nitrogens with zero attached hydrogens (tertiary/aromatic N) is 5. The molecule has 0 bridgehead atoms. The van der Waals surface area contributed by atoms with Crippen LogP contribution >= 0.6 is 0 Å². The molecule has 11 nitrogen and oxygen atoms in total. The maximum absolute atomic E-state index is 12.8. The molecule has 0 radical (unpaired) electrons. The molecule has 3 aromatic rings. The molecule has 1 unspecified atom stereocenters. The van der Waals surface area contributed by atoms with E-state index in [1.54, 1.807) is 35.4 Å². The lowest BCUT2D eigenvalue weighted by atomic mass is 9.99. The highest BCUT2D eigenvalue weighted by molar-refractivity contribution is 6.04. The van der Waals surface area contributed by atoms with Crippen molar-refractivity contribution in [3.8, 4) is 5.88 Å². The molecular weight excluding hydrogens is 548 g/mol. The van der Waals surface area contributed by atoms with Crippen LogP contribution in [0.3, 0.4) is 0 Å². The fourth-order valence-electron chi connectivity index (χ4n) is 5.60. The summed E-state index contributed by atoms with van der Waals surface area (Å²) in [4.78, 5) is 51.1. The summed E-state index contributed by atoms with van der Waals surface area (Å²) in [5, 5.41) is 11.8. The number of piperidine rings is 1. The molecular formula is C32H38N6O5. The summed E-state index contributed by atoms with van der Waals surface area (Å²) in [7, 11) is 0. The lowest BCUT2D eigenvalue weighted by molar-refractivity contribution is -0.136. The van der Waals surface area contributed by atoms with Crippen LogP contribution in [0.2, 0.25) is 0 Å². The van der Waals surface area contributed by atoms with Crippen LogP contribution in [-0.2, 0) is 17.8 Å². The number of carbonyl (C=O) groups excluding carboxylic acids is 2. The topological polar surface area (TPSA) is 128 Å². The zero-order valence-electron chi connectivity index (χ0n) is 24.4. The molecule has 226 valence electrons. The summed E-state index contributed by atoms with van der Waals surface area (Å²) >= 11 is 0. The Hall–Kier alpha value is -4.51. The van der Waals surface area contributed by atoms with Crippen molar-refractivity contribution in [1.82, 2.24) is 19.8 Å². The van der Waals surface area contributed by atoms with Crippen LogP contribution in [0.15, 0.2) is 60.9 Å². The molecule has 0 aliphatic carbocycles. The van der Waals surface area contributed by atoms with E-state index in [4.69, 9.17) is 9.84 Å². The summed E-state index contributed by atoms with van der Waals surface area (Å²) in [6.07, 6.45) is 7.43. The lowest BCUT2D eigenvalue weighted by Crippen LogP contribution is -2.49. The van der Waals surface area contributed by atoms with Crippen LogP contribution < -0.4 is 15.0 Å². The van der Waals surface area contributed by atoms with Gasteiger partial charge in [0.2, 0.25) is 5.88 Å². The number of aromatic nitrogens is 2.